The fourth-order valence-corrected chi connectivity index (χ4v) is 5.87. The van der Waals surface area contributed by atoms with E-state index in [1.165, 1.54) is 0 Å². The summed E-state index contributed by atoms with van der Waals surface area (Å²) in [6, 6.07) is 0. The van der Waals surface area contributed by atoms with Gasteiger partial charge in [0.25, 0.3) is 0 Å². The summed E-state index contributed by atoms with van der Waals surface area (Å²) >= 11 is 0. The number of rotatable bonds is 3. The molecule has 0 aromatic carbocycles. The number of ether oxygens (including phenoxy) is 2. The Balaban J connectivity index is 1.69. The molecule has 2 saturated carbocycles. The van der Waals surface area contributed by atoms with E-state index in [9.17, 15) is 4.79 Å². The molecule has 2 aliphatic carbocycles. The third-order valence-electron chi connectivity index (χ3n) is 6.70. The molecule has 0 aromatic heterocycles. The van der Waals surface area contributed by atoms with Crippen LogP contribution in [0.1, 0.15) is 46.5 Å². The fourth-order valence-electron chi connectivity index (χ4n) is 4.47. The lowest BCUT2D eigenvalue weighted by atomic mass is 9.77. The zero-order valence-electron chi connectivity index (χ0n) is 15.3. The van der Waals surface area contributed by atoms with Crippen LogP contribution in [0, 0.1) is 17.8 Å². The molecular weight excluding hydrogens is 308 g/mol. The predicted molar refractivity (Wildman–Crippen MR) is 91.7 cm³/mol. The molecule has 0 amide bonds. The average Bonchev–Trinajstić information content (AvgIpc) is 3.01. The second-order valence-corrected chi connectivity index (χ2v) is 13.9. The summed E-state index contributed by atoms with van der Waals surface area (Å²) in [5.41, 5.74) is 0. The van der Waals surface area contributed by atoms with Gasteiger partial charge < -0.3 is 18.7 Å². The van der Waals surface area contributed by atoms with Crippen molar-refractivity contribution in [2.24, 2.45) is 17.8 Å². The quantitative estimate of drug-likeness (QED) is 0.580. The van der Waals surface area contributed by atoms with E-state index in [-0.39, 0.29) is 11.0 Å². The first kappa shape index (κ1) is 17.6. The van der Waals surface area contributed by atoms with E-state index in [2.05, 4.69) is 33.9 Å². The third kappa shape index (κ3) is 3.05. The van der Waals surface area contributed by atoms with Gasteiger partial charge in [0.15, 0.2) is 14.1 Å². The molecule has 0 N–H and O–H groups in total. The summed E-state index contributed by atoms with van der Waals surface area (Å²) in [7, 11) is -1.73. The summed E-state index contributed by atoms with van der Waals surface area (Å²) < 4.78 is 18.4. The van der Waals surface area contributed by atoms with Crippen molar-refractivity contribution in [1.29, 1.82) is 0 Å². The Hall–Kier alpha value is -0.233. The maximum absolute atomic E-state index is 11.7. The minimum Gasteiger partial charge on any atom is -0.414 e. The summed E-state index contributed by atoms with van der Waals surface area (Å²) in [5, 5.41) is 0.240. The van der Waals surface area contributed by atoms with Gasteiger partial charge in [-0.25, -0.2) is 0 Å². The first-order valence-electron chi connectivity index (χ1n) is 9.09. The molecule has 0 aromatic rings. The number of fused-ring (bicyclic) bond motifs is 1. The molecule has 1 heterocycles. The monoisotopic (exact) mass is 340 g/mol. The Kier molecular flexibility index (Phi) is 4.54. The zero-order valence-corrected chi connectivity index (χ0v) is 16.3. The Morgan fingerprint density at radius 1 is 1.17 bits per heavy atom. The highest BCUT2D eigenvalue weighted by Gasteiger charge is 2.58. The van der Waals surface area contributed by atoms with Gasteiger partial charge >= 0.3 is 0 Å². The minimum absolute atomic E-state index is 0.0937. The molecular formula is C18H32O4Si. The standard InChI is InChI=1S/C18H32O4Si/c1-17(2,3)23(4,5)22-14-6-7-15-13(10-14)11-18(16(15)12-19)20-8-9-21-18/h12-16H,6-11H2,1-5H3/t13-,14-,15-,16+/m1/s1. The van der Waals surface area contributed by atoms with Gasteiger partial charge in [-0.1, -0.05) is 20.8 Å². The Morgan fingerprint density at radius 3 is 2.39 bits per heavy atom. The van der Waals surface area contributed by atoms with Crippen LogP contribution in [0.4, 0.5) is 0 Å². The van der Waals surface area contributed by atoms with E-state index in [1.807, 2.05) is 0 Å². The van der Waals surface area contributed by atoms with E-state index in [4.69, 9.17) is 13.9 Å². The molecule has 0 radical (unpaired) electrons. The number of carbonyl (C=O) groups excluding carboxylic acids is 1. The molecule has 1 aliphatic heterocycles. The van der Waals surface area contributed by atoms with Crippen LogP contribution >= 0.6 is 0 Å². The van der Waals surface area contributed by atoms with E-state index in [0.717, 1.165) is 32.0 Å². The number of aldehydes is 1. The molecule has 1 saturated heterocycles. The Labute approximate surface area is 141 Å². The van der Waals surface area contributed by atoms with Crippen molar-refractivity contribution in [3.63, 3.8) is 0 Å². The average molecular weight is 341 g/mol. The van der Waals surface area contributed by atoms with E-state index in [1.54, 1.807) is 0 Å². The highest BCUT2D eigenvalue weighted by Crippen LogP contribution is 2.54. The SMILES string of the molecule is CC(C)(C)[Si](C)(C)O[C@@H]1CC[C@@H]2[C@H](C1)CC1(OCCO1)[C@H]2C=O. The first-order valence-corrected chi connectivity index (χ1v) is 12.0. The number of carbonyl (C=O) groups is 1. The molecule has 0 bridgehead atoms. The van der Waals surface area contributed by atoms with Gasteiger partial charge in [0.05, 0.1) is 19.1 Å². The van der Waals surface area contributed by atoms with Crippen molar-refractivity contribution in [1.82, 2.24) is 0 Å². The number of hydrogen-bond donors (Lipinski definition) is 0. The highest BCUT2D eigenvalue weighted by atomic mass is 28.4. The van der Waals surface area contributed by atoms with Crippen molar-refractivity contribution >= 4 is 14.6 Å². The van der Waals surface area contributed by atoms with Crippen molar-refractivity contribution in [2.45, 2.75) is 76.5 Å². The largest absolute Gasteiger partial charge is 0.414 e. The van der Waals surface area contributed by atoms with Crippen LogP contribution in [0.25, 0.3) is 0 Å². The molecule has 4 nitrogen and oxygen atoms in total. The van der Waals surface area contributed by atoms with Crippen LogP contribution in [-0.4, -0.2) is 39.7 Å². The topological polar surface area (TPSA) is 44.8 Å². The lowest BCUT2D eigenvalue weighted by Gasteiger charge is -2.42. The van der Waals surface area contributed by atoms with Crippen LogP contribution in [0.2, 0.25) is 18.1 Å². The summed E-state index contributed by atoms with van der Waals surface area (Å²) in [6.45, 7) is 12.8. The predicted octanol–water partition coefficient (Wildman–Crippen LogP) is 3.76. The molecule has 23 heavy (non-hydrogen) atoms. The minimum atomic E-state index is -1.73. The summed E-state index contributed by atoms with van der Waals surface area (Å²) in [4.78, 5) is 11.7. The normalized spacial score (nSPS) is 37.1. The smallest absolute Gasteiger partial charge is 0.192 e. The van der Waals surface area contributed by atoms with Crippen LogP contribution in [-0.2, 0) is 18.7 Å². The van der Waals surface area contributed by atoms with Gasteiger partial charge in [0, 0.05) is 12.5 Å². The van der Waals surface area contributed by atoms with Gasteiger partial charge in [-0.05, 0) is 49.2 Å². The highest BCUT2D eigenvalue weighted by molar-refractivity contribution is 6.74. The molecule has 0 unspecified atom stereocenters. The summed E-state index contributed by atoms with van der Waals surface area (Å²) in [5.74, 6) is 0.184. The van der Waals surface area contributed by atoms with Crippen molar-refractivity contribution in [3.05, 3.63) is 0 Å². The van der Waals surface area contributed by atoms with Gasteiger partial charge in [-0.3, -0.25) is 0 Å². The molecule has 3 aliphatic rings. The third-order valence-corrected chi connectivity index (χ3v) is 11.2. The van der Waals surface area contributed by atoms with Gasteiger partial charge in [0.2, 0.25) is 0 Å². The van der Waals surface area contributed by atoms with Gasteiger partial charge in [0.1, 0.15) is 6.29 Å². The maximum Gasteiger partial charge on any atom is 0.192 e. The lowest BCUT2D eigenvalue weighted by molar-refractivity contribution is -0.184. The first-order chi connectivity index (χ1) is 10.7. The van der Waals surface area contributed by atoms with Gasteiger partial charge in [-0.15, -0.1) is 0 Å². The van der Waals surface area contributed by atoms with Crippen LogP contribution in [0.3, 0.4) is 0 Å². The Bertz CT molecular complexity index is 450. The molecule has 3 fully saturated rings. The molecule has 5 heteroatoms. The molecule has 4 atom stereocenters. The Morgan fingerprint density at radius 2 is 1.83 bits per heavy atom. The second-order valence-electron chi connectivity index (χ2n) is 9.11. The van der Waals surface area contributed by atoms with E-state index < -0.39 is 14.1 Å². The number of hydrogen-bond acceptors (Lipinski definition) is 4. The molecule has 3 rings (SSSR count). The molecule has 132 valence electrons. The zero-order chi connectivity index (χ0) is 16.9. The van der Waals surface area contributed by atoms with E-state index >= 15 is 0 Å². The van der Waals surface area contributed by atoms with Crippen LogP contribution in [0.15, 0.2) is 0 Å². The lowest BCUT2D eigenvalue weighted by Crippen LogP contribution is -2.45. The molecule has 1 spiro atoms. The summed E-state index contributed by atoms with van der Waals surface area (Å²) in [6.07, 6.45) is 5.45. The van der Waals surface area contributed by atoms with Crippen molar-refractivity contribution in [3.8, 4) is 0 Å². The van der Waals surface area contributed by atoms with Gasteiger partial charge in [-0.2, -0.15) is 0 Å². The fraction of sp³-hybridized carbons (Fsp3) is 0.944. The van der Waals surface area contributed by atoms with Crippen LogP contribution in [0.5, 0.6) is 0 Å². The van der Waals surface area contributed by atoms with Crippen molar-refractivity contribution < 1.29 is 18.7 Å². The van der Waals surface area contributed by atoms with Crippen LogP contribution < -0.4 is 0 Å². The van der Waals surface area contributed by atoms with Crippen molar-refractivity contribution in [2.75, 3.05) is 13.2 Å². The second kappa shape index (κ2) is 5.94. The maximum atomic E-state index is 11.7. The van der Waals surface area contributed by atoms with E-state index in [0.29, 0.717) is 31.2 Å².